The second-order valence-electron chi connectivity index (χ2n) is 6.48. The molecule has 0 aliphatic rings. The summed E-state index contributed by atoms with van der Waals surface area (Å²) in [6.07, 6.45) is 6.36. The van der Waals surface area contributed by atoms with Gasteiger partial charge in [-0.25, -0.2) is 9.37 Å². The normalized spacial score (nSPS) is 11.0. The summed E-state index contributed by atoms with van der Waals surface area (Å²) in [6, 6.07) is 12.5. The number of hydrogen-bond donors (Lipinski definition) is 1. The van der Waals surface area contributed by atoms with E-state index in [9.17, 15) is 9.18 Å². The number of nitrogens with one attached hydrogen (secondary N) is 1. The quantitative estimate of drug-likeness (QED) is 0.462. The van der Waals surface area contributed by atoms with Gasteiger partial charge in [-0.1, -0.05) is 35.9 Å². The summed E-state index contributed by atoms with van der Waals surface area (Å²) < 4.78 is 25.5. The number of benzene rings is 2. The van der Waals surface area contributed by atoms with Crippen LogP contribution in [0.3, 0.4) is 0 Å². The van der Waals surface area contributed by atoms with E-state index in [2.05, 4.69) is 16.4 Å². The molecule has 1 amide bonds. The number of methoxy groups -OCH3 is 1. The van der Waals surface area contributed by atoms with Gasteiger partial charge in [-0.15, -0.1) is 0 Å². The molecule has 0 radical (unpaired) electrons. The molecular formula is C22H22FN3O3. The largest absolute Gasteiger partial charge is 0.464 e. The fourth-order valence-electron chi connectivity index (χ4n) is 2.73. The molecule has 7 heteroatoms. The van der Waals surface area contributed by atoms with Crippen LogP contribution in [0.15, 0.2) is 61.1 Å². The lowest BCUT2D eigenvalue weighted by molar-refractivity contribution is -0.111. The predicted octanol–water partition coefficient (Wildman–Crippen LogP) is 4.01. The summed E-state index contributed by atoms with van der Waals surface area (Å²) in [6.45, 7) is 2.65. The zero-order valence-electron chi connectivity index (χ0n) is 16.3. The van der Waals surface area contributed by atoms with E-state index in [-0.39, 0.29) is 18.4 Å². The fraction of sp³-hybridized carbons (Fsp3) is 0.182. The van der Waals surface area contributed by atoms with Gasteiger partial charge in [0.05, 0.1) is 6.33 Å². The van der Waals surface area contributed by atoms with Crippen LogP contribution < -0.4 is 10.1 Å². The smallest absolute Gasteiger partial charge is 0.249 e. The monoisotopic (exact) mass is 395 g/mol. The van der Waals surface area contributed by atoms with Crippen LogP contribution in [0, 0.1) is 12.7 Å². The first-order chi connectivity index (χ1) is 14.0. The van der Waals surface area contributed by atoms with Gasteiger partial charge in [-0.05, 0) is 36.3 Å². The molecule has 0 spiro atoms. The average molecular weight is 395 g/mol. The molecule has 0 saturated carbocycles. The first-order valence-corrected chi connectivity index (χ1v) is 9.01. The molecule has 0 fully saturated rings. The van der Waals surface area contributed by atoms with Gasteiger partial charge in [0, 0.05) is 25.9 Å². The van der Waals surface area contributed by atoms with Gasteiger partial charge < -0.3 is 19.4 Å². The molecule has 150 valence electrons. The van der Waals surface area contributed by atoms with E-state index < -0.39 is 5.82 Å². The summed E-state index contributed by atoms with van der Waals surface area (Å²) in [5.74, 6) is -0.322. The molecule has 1 N–H and O–H groups in total. The molecule has 1 aromatic heterocycles. The number of nitrogens with zero attached hydrogens (tertiary/aromatic N) is 2. The van der Waals surface area contributed by atoms with Crippen LogP contribution in [0.1, 0.15) is 16.7 Å². The summed E-state index contributed by atoms with van der Waals surface area (Å²) >= 11 is 0. The Morgan fingerprint density at radius 2 is 2.14 bits per heavy atom. The average Bonchev–Trinajstić information content (AvgIpc) is 3.13. The zero-order valence-corrected chi connectivity index (χ0v) is 16.3. The molecule has 0 aliphatic heterocycles. The van der Waals surface area contributed by atoms with Crippen molar-refractivity contribution in [2.24, 2.45) is 0 Å². The van der Waals surface area contributed by atoms with Crippen molar-refractivity contribution in [1.29, 1.82) is 0 Å². The van der Waals surface area contributed by atoms with Crippen molar-refractivity contribution < 1.29 is 18.7 Å². The Bertz CT molecular complexity index is 1010. The summed E-state index contributed by atoms with van der Waals surface area (Å²) in [5, 5.41) is 2.71. The molecule has 29 heavy (non-hydrogen) atoms. The maximum Gasteiger partial charge on any atom is 0.249 e. The number of carbonyl (C=O) groups is 1. The van der Waals surface area contributed by atoms with Crippen molar-refractivity contribution in [3.05, 3.63) is 83.6 Å². The number of ether oxygens (including phenoxy) is 2. The third kappa shape index (κ3) is 6.02. The lowest BCUT2D eigenvalue weighted by Crippen LogP contribution is -2.08. The number of anilines is 1. The van der Waals surface area contributed by atoms with Crippen molar-refractivity contribution in [3.8, 4) is 5.75 Å². The Hall–Kier alpha value is -3.45. The number of halogens is 1. The first kappa shape index (κ1) is 20.3. The maximum atomic E-state index is 13.7. The number of imidazole rings is 1. The maximum absolute atomic E-state index is 13.7. The van der Waals surface area contributed by atoms with Crippen LogP contribution in [0.25, 0.3) is 6.08 Å². The number of rotatable bonds is 8. The lowest BCUT2D eigenvalue weighted by Gasteiger charge is -2.06. The fourth-order valence-corrected chi connectivity index (χ4v) is 2.73. The van der Waals surface area contributed by atoms with E-state index in [1.54, 1.807) is 24.7 Å². The Morgan fingerprint density at radius 1 is 1.28 bits per heavy atom. The lowest BCUT2D eigenvalue weighted by atomic mass is 10.1. The third-order valence-corrected chi connectivity index (χ3v) is 4.05. The molecular weight excluding hydrogens is 373 g/mol. The second kappa shape index (κ2) is 9.66. The SMILES string of the molecule is COCOc1cc(/C=C/C(=O)Nc2cn(Cc3cccc(C)c3)cn2)ccc1F. The van der Waals surface area contributed by atoms with E-state index in [0.717, 1.165) is 5.56 Å². The van der Waals surface area contributed by atoms with Crippen LogP contribution in [0.5, 0.6) is 5.75 Å². The Kier molecular flexibility index (Phi) is 6.76. The minimum atomic E-state index is -0.497. The topological polar surface area (TPSA) is 65.4 Å². The van der Waals surface area contributed by atoms with E-state index in [1.807, 2.05) is 29.7 Å². The number of carbonyl (C=O) groups excluding carboxylic acids is 1. The molecule has 0 atom stereocenters. The van der Waals surface area contributed by atoms with Gasteiger partial charge in [0.1, 0.15) is 0 Å². The van der Waals surface area contributed by atoms with Crippen molar-refractivity contribution in [3.63, 3.8) is 0 Å². The molecule has 0 bridgehead atoms. The van der Waals surface area contributed by atoms with Gasteiger partial charge in [0.15, 0.2) is 24.2 Å². The molecule has 0 aliphatic carbocycles. The zero-order chi connectivity index (χ0) is 20.6. The van der Waals surface area contributed by atoms with Crippen LogP contribution in [-0.2, 0) is 16.1 Å². The molecule has 1 heterocycles. The molecule has 0 unspecified atom stereocenters. The standard InChI is InChI=1S/C22H22FN3O3/c1-16-4-3-5-18(10-16)12-26-13-21(24-14-26)25-22(27)9-7-17-6-8-19(23)20(11-17)29-15-28-2/h3-11,13-14H,12,15H2,1-2H3,(H,25,27)/b9-7+. The highest BCUT2D eigenvalue weighted by Crippen LogP contribution is 2.19. The number of aryl methyl sites for hydroxylation is 1. The van der Waals surface area contributed by atoms with Crippen molar-refractivity contribution in [1.82, 2.24) is 9.55 Å². The first-order valence-electron chi connectivity index (χ1n) is 9.01. The summed E-state index contributed by atoms with van der Waals surface area (Å²) in [7, 11) is 1.45. The Morgan fingerprint density at radius 3 is 2.93 bits per heavy atom. The van der Waals surface area contributed by atoms with Gasteiger partial charge in [0.25, 0.3) is 0 Å². The highest BCUT2D eigenvalue weighted by molar-refractivity contribution is 6.01. The van der Waals surface area contributed by atoms with E-state index >= 15 is 0 Å². The van der Waals surface area contributed by atoms with Crippen molar-refractivity contribution >= 4 is 17.8 Å². The molecule has 6 nitrogen and oxygen atoms in total. The number of hydrogen-bond acceptors (Lipinski definition) is 4. The van der Waals surface area contributed by atoms with E-state index in [0.29, 0.717) is 17.9 Å². The summed E-state index contributed by atoms with van der Waals surface area (Å²) in [4.78, 5) is 16.4. The predicted molar refractivity (Wildman–Crippen MR) is 109 cm³/mol. The van der Waals surface area contributed by atoms with Gasteiger partial charge in [-0.3, -0.25) is 4.79 Å². The highest BCUT2D eigenvalue weighted by atomic mass is 19.1. The van der Waals surface area contributed by atoms with Gasteiger partial charge in [-0.2, -0.15) is 0 Å². The molecule has 3 aromatic rings. The Labute approximate surface area is 168 Å². The minimum Gasteiger partial charge on any atom is -0.464 e. The number of amides is 1. The van der Waals surface area contributed by atoms with E-state index in [1.165, 1.54) is 30.9 Å². The minimum absolute atomic E-state index is 0.0595. The molecule has 0 saturated heterocycles. The molecule has 2 aromatic carbocycles. The van der Waals surface area contributed by atoms with Gasteiger partial charge >= 0.3 is 0 Å². The van der Waals surface area contributed by atoms with Crippen LogP contribution in [0.4, 0.5) is 10.2 Å². The third-order valence-electron chi connectivity index (χ3n) is 4.05. The van der Waals surface area contributed by atoms with Crippen molar-refractivity contribution in [2.75, 3.05) is 19.2 Å². The Balaban J connectivity index is 1.59. The number of aromatic nitrogens is 2. The van der Waals surface area contributed by atoms with E-state index in [4.69, 9.17) is 9.47 Å². The van der Waals surface area contributed by atoms with Gasteiger partial charge in [0.2, 0.25) is 5.91 Å². The molecule has 3 rings (SSSR count). The van der Waals surface area contributed by atoms with Crippen LogP contribution in [0.2, 0.25) is 0 Å². The van der Waals surface area contributed by atoms with Crippen LogP contribution >= 0.6 is 0 Å². The van der Waals surface area contributed by atoms with Crippen molar-refractivity contribution in [2.45, 2.75) is 13.5 Å². The van der Waals surface area contributed by atoms with Crippen LogP contribution in [-0.4, -0.2) is 29.4 Å². The second-order valence-corrected chi connectivity index (χ2v) is 6.48. The highest BCUT2D eigenvalue weighted by Gasteiger charge is 2.05. The summed E-state index contributed by atoms with van der Waals surface area (Å²) in [5.41, 5.74) is 2.97.